The van der Waals surface area contributed by atoms with E-state index in [0.29, 0.717) is 5.92 Å². The summed E-state index contributed by atoms with van der Waals surface area (Å²) >= 11 is 0. The van der Waals surface area contributed by atoms with Crippen molar-refractivity contribution < 1.29 is 5.21 Å². The quantitative estimate of drug-likeness (QED) is 0.353. The average Bonchev–Trinajstić information content (AvgIpc) is 2.78. The Morgan fingerprint density at radius 2 is 2.29 bits per heavy atom. The normalized spacial score (nSPS) is 38.7. The van der Waals surface area contributed by atoms with Gasteiger partial charge in [-0.3, -0.25) is 5.21 Å². The molecule has 4 nitrogen and oxygen atoms in total. The second-order valence-corrected chi connectivity index (χ2v) is 4.71. The molecule has 0 radical (unpaired) electrons. The summed E-state index contributed by atoms with van der Waals surface area (Å²) in [5.41, 5.74) is 7.32. The molecule has 2 fully saturated rings. The molecule has 0 aromatic heterocycles. The fourth-order valence-corrected chi connectivity index (χ4v) is 3.23. The van der Waals surface area contributed by atoms with Crippen LogP contribution in [0.1, 0.15) is 32.6 Å². The minimum atomic E-state index is 0.139. The zero-order valence-electron chi connectivity index (χ0n) is 8.61. The van der Waals surface area contributed by atoms with Gasteiger partial charge in [0.2, 0.25) is 5.96 Å². The van der Waals surface area contributed by atoms with Crippen LogP contribution in [0.2, 0.25) is 0 Å². The number of guanidine groups is 1. The molecule has 0 spiro atoms. The van der Waals surface area contributed by atoms with Crippen LogP contribution in [0.15, 0.2) is 4.99 Å². The lowest BCUT2D eigenvalue weighted by Crippen LogP contribution is -2.32. The van der Waals surface area contributed by atoms with Crippen molar-refractivity contribution in [2.75, 3.05) is 0 Å². The van der Waals surface area contributed by atoms with Crippen LogP contribution in [-0.4, -0.2) is 17.2 Å². The van der Waals surface area contributed by atoms with Gasteiger partial charge in [-0.05, 0) is 43.9 Å². The first-order chi connectivity index (χ1) is 6.70. The summed E-state index contributed by atoms with van der Waals surface area (Å²) in [6, 6.07) is 0.241. The van der Waals surface area contributed by atoms with E-state index in [4.69, 9.17) is 10.9 Å². The topological polar surface area (TPSA) is 70.6 Å². The third kappa shape index (κ3) is 1.71. The van der Waals surface area contributed by atoms with Crippen LogP contribution in [0.5, 0.6) is 0 Å². The molecule has 4 N–H and O–H groups in total. The number of nitrogens with two attached hydrogens (primary N) is 1. The van der Waals surface area contributed by atoms with Crippen molar-refractivity contribution in [3.63, 3.8) is 0 Å². The molecule has 0 heterocycles. The van der Waals surface area contributed by atoms with E-state index in [9.17, 15) is 0 Å². The van der Waals surface area contributed by atoms with Crippen LogP contribution >= 0.6 is 0 Å². The Kier molecular flexibility index (Phi) is 2.63. The fourth-order valence-electron chi connectivity index (χ4n) is 3.23. The predicted octanol–water partition coefficient (Wildman–Crippen LogP) is 1.10. The summed E-state index contributed by atoms with van der Waals surface area (Å²) in [6.45, 7) is 2.09. The number of aliphatic imine (C=N–C) groups is 1. The monoisotopic (exact) mass is 197 g/mol. The Hall–Kier alpha value is -0.770. The highest BCUT2D eigenvalue weighted by molar-refractivity contribution is 5.76. The van der Waals surface area contributed by atoms with Crippen LogP contribution in [0.4, 0.5) is 0 Å². The Morgan fingerprint density at radius 1 is 1.50 bits per heavy atom. The minimum Gasteiger partial charge on any atom is -0.368 e. The van der Waals surface area contributed by atoms with Crippen molar-refractivity contribution in [3.8, 4) is 0 Å². The number of fused-ring (bicyclic) bond motifs is 2. The minimum absolute atomic E-state index is 0.139. The zero-order chi connectivity index (χ0) is 10.1. The van der Waals surface area contributed by atoms with Gasteiger partial charge in [-0.1, -0.05) is 6.42 Å². The summed E-state index contributed by atoms with van der Waals surface area (Å²) in [5, 5.41) is 8.55. The number of hydroxylamine groups is 1. The highest BCUT2D eigenvalue weighted by atomic mass is 16.5. The molecule has 80 valence electrons. The Labute approximate surface area is 84.5 Å². The van der Waals surface area contributed by atoms with E-state index in [1.165, 1.54) is 25.7 Å². The third-order valence-corrected chi connectivity index (χ3v) is 3.87. The summed E-state index contributed by atoms with van der Waals surface area (Å²) in [4.78, 5) is 4.23. The molecule has 0 aliphatic heterocycles. The van der Waals surface area contributed by atoms with Crippen molar-refractivity contribution in [2.24, 2.45) is 28.5 Å². The fraction of sp³-hybridized carbons (Fsp3) is 0.900. The van der Waals surface area contributed by atoms with Gasteiger partial charge >= 0.3 is 0 Å². The van der Waals surface area contributed by atoms with Crippen LogP contribution in [0.3, 0.4) is 0 Å². The average molecular weight is 197 g/mol. The molecule has 4 unspecified atom stereocenters. The van der Waals surface area contributed by atoms with E-state index in [1.54, 1.807) is 0 Å². The summed E-state index contributed by atoms with van der Waals surface area (Å²) in [5.74, 6) is 2.61. The zero-order valence-corrected chi connectivity index (χ0v) is 8.61. The highest BCUT2D eigenvalue weighted by Gasteiger charge is 2.41. The lowest BCUT2D eigenvalue weighted by molar-refractivity contribution is 0.229. The van der Waals surface area contributed by atoms with Crippen molar-refractivity contribution in [1.82, 2.24) is 5.48 Å². The van der Waals surface area contributed by atoms with Gasteiger partial charge in [0.25, 0.3) is 0 Å². The number of nitrogens with one attached hydrogen (secondary N) is 1. The molecule has 0 aromatic rings. The van der Waals surface area contributed by atoms with Gasteiger partial charge in [0, 0.05) is 0 Å². The highest BCUT2D eigenvalue weighted by Crippen LogP contribution is 2.49. The largest absolute Gasteiger partial charge is 0.368 e. The molecule has 0 amide bonds. The summed E-state index contributed by atoms with van der Waals surface area (Å²) < 4.78 is 0. The molecule has 2 bridgehead atoms. The molecular weight excluding hydrogens is 178 g/mol. The van der Waals surface area contributed by atoms with Gasteiger partial charge < -0.3 is 5.73 Å². The van der Waals surface area contributed by atoms with Gasteiger partial charge in [0.05, 0.1) is 6.04 Å². The lowest BCUT2D eigenvalue weighted by atomic mass is 9.84. The molecule has 0 aromatic carbocycles. The van der Waals surface area contributed by atoms with E-state index in [-0.39, 0.29) is 12.0 Å². The van der Waals surface area contributed by atoms with Gasteiger partial charge in [-0.2, -0.15) is 0 Å². The number of hydrogen-bond acceptors (Lipinski definition) is 2. The maximum absolute atomic E-state index is 8.55. The Morgan fingerprint density at radius 3 is 2.79 bits per heavy atom. The maximum Gasteiger partial charge on any atom is 0.213 e. The molecule has 2 aliphatic rings. The molecular formula is C10H19N3O. The number of hydrogen-bond donors (Lipinski definition) is 3. The molecule has 2 saturated carbocycles. The Balaban J connectivity index is 1.96. The Bertz CT molecular complexity index is 242. The van der Waals surface area contributed by atoms with Crippen molar-refractivity contribution >= 4 is 5.96 Å². The summed E-state index contributed by atoms with van der Waals surface area (Å²) in [6.07, 6.45) is 5.46. The van der Waals surface area contributed by atoms with Gasteiger partial charge in [-0.15, -0.1) is 0 Å². The van der Waals surface area contributed by atoms with Gasteiger partial charge in [-0.25, -0.2) is 10.5 Å². The van der Waals surface area contributed by atoms with Crippen LogP contribution in [-0.2, 0) is 0 Å². The molecule has 4 heteroatoms. The first-order valence-corrected chi connectivity index (χ1v) is 5.44. The van der Waals surface area contributed by atoms with Crippen LogP contribution < -0.4 is 11.2 Å². The van der Waals surface area contributed by atoms with E-state index >= 15 is 0 Å². The molecule has 14 heavy (non-hydrogen) atoms. The number of rotatable bonds is 2. The SMILES string of the molecule is CC(N=C(N)NO)C1CC2CCC1C2. The van der Waals surface area contributed by atoms with E-state index in [2.05, 4.69) is 11.9 Å². The van der Waals surface area contributed by atoms with Gasteiger partial charge in [0.1, 0.15) is 0 Å². The van der Waals surface area contributed by atoms with E-state index in [0.717, 1.165) is 11.8 Å². The molecule has 0 saturated heterocycles. The van der Waals surface area contributed by atoms with E-state index in [1.807, 2.05) is 5.48 Å². The van der Waals surface area contributed by atoms with E-state index < -0.39 is 0 Å². The van der Waals surface area contributed by atoms with Crippen molar-refractivity contribution in [1.29, 1.82) is 0 Å². The second kappa shape index (κ2) is 3.77. The number of nitrogens with zero attached hydrogens (tertiary/aromatic N) is 1. The lowest BCUT2D eigenvalue weighted by Gasteiger charge is -2.25. The molecule has 2 aliphatic carbocycles. The third-order valence-electron chi connectivity index (χ3n) is 3.87. The van der Waals surface area contributed by atoms with Crippen molar-refractivity contribution in [3.05, 3.63) is 0 Å². The summed E-state index contributed by atoms with van der Waals surface area (Å²) in [7, 11) is 0. The maximum atomic E-state index is 8.55. The predicted molar refractivity (Wildman–Crippen MR) is 54.9 cm³/mol. The molecule has 2 rings (SSSR count). The van der Waals surface area contributed by atoms with Gasteiger partial charge in [0.15, 0.2) is 0 Å². The molecule has 4 atom stereocenters. The first kappa shape index (κ1) is 9.77. The first-order valence-electron chi connectivity index (χ1n) is 5.44. The van der Waals surface area contributed by atoms with Crippen LogP contribution in [0, 0.1) is 17.8 Å². The van der Waals surface area contributed by atoms with Crippen molar-refractivity contribution in [2.45, 2.75) is 38.6 Å². The standard InChI is InChI=1S/C10H19N3O/c1-6(12-10(11)13-14)9-5-7-2-3-8(9)4-7/h6-9,14H,2-5H2,1H3,(H3,11,12,13). The second-order valence-electron chi connectivity index (χ2n) is 4.71. The van der Waals surface area contributed by atoms with Crippen LogP contribution in [0.25, 0.3) is 0 Å². The smallest absolute Gasteiger partial charge is 0.213 e.